The van der Waals surface area contributed by atoms with E-state index in [1.54, 1.807) is 13.8 Å². The average Bonchev–Trinajstić information content (AvgIpc) is 3.14. The van der Waals surface area contributed by atoms with E-state index >= 15 is 0 Å². The van der Waals surface area contributed by atoms with Crippen LogP contribution >= 0.6 is 0 Å². The van der Waals surface area contributed by atoms with E-state index in [9.17, 15) is 9.18 Å². The third-order valence-electron chi connectivity index (χ3n) is 7.60. The summed E-state index contributed by atoms with van der Waals surface area (Å²) in [5, 5.41) is 0. The van der Waals surface area contributed by atoms with Gasteiger partial charge in [-0.1, -0.05) is 43.3 Å². The molecule has 2 aromatic carbocycles. The van der Waals surface area contributed by atoms with Crippen LogP contribution in [0.15, 0.2) is 48.4 Å². The summed E-state index contributed by atoms with van der Waals surface area (Å²) in [6, 6.07) is 12.5. The molecule has 0 atom stereocenters. The van der Waals surface area contributed by atoms with Gasteiger partial charge in [-0.3, -0.25) is 4.79 Å². The Hall–Kier alpha value is -2.82. The lowest BCUT2D eigenvalue weighted by Crippen LogP contribution is -2.37. The predicted octanol–water partition coefficient (Wildman–Crippen LogP) is 7.76. The summed E-state index contributed by atoms with van der Waals surface area (Å²) in [6.45, 7) is 17.0. The SMILES string of the molecule is CCC=C(OC(C)(C)C)N1CCC(Cc2cc(C)c3c(c2)CN(Cc2ccc(CC(C)(C)F)cc2)C3=O)CC1. The summed E-state index contributed by atoms with van der Waals surface area (Å²) >= 11 is 0. The molecule has 0 unspecified atom stereocenters. The summed E-state index contributed by atoms with van der Waals surface area (Å²) in [6.07, 6.45) is 6.91. The molecule has 0 aromatic heterocycles. The normalized spacial score (nSPS) is 17.1. The first-order chi connectivity index (χ1) is 18.3. The van der Waals surface area contributed by atoms with Crippen molar-refractivity contribution in [1.29, 1.82) is 0 Å². The molecule has 5 heteroatoms. The lowest BCUT2D eigenvalue weighted by Gasteiger charge is -2.37. The Morgan fingerprint density at radius 2 is 1.67 bits per heavy atom. The van der Waals surface area contributed by atoms with E-state index < -0.39 is 5.67 Å². The Morgan fingerprint density at radius 1 is 1.03 bits per heavy atom. The number of piperidine rings is 1. The van der Waals surface area contributed by atoms with Crippen molar-refractivity contribution in [2.75, 3.05) is 13.1 Å². The number of rotatable bonds is 9. The van der Waals surface area contributed by atoms with E-state index in [1.165, 1.54) is 5.56 Å². The van der Waals surface area contributed by atoms with Crippen LogP contribution in [0.1, 0.15) is 99.0 Å². The Bertz CT molecular complexity index is 1180. The zero-order valence-corrected chi connectivity index (χ0v) is 25.1. The van der Waals surface area contributed by atoms with Crippen molar-refractivity contribution in [3.63, 3.8) is 0 Å². The Morgan fingerprint density at radius 3 is 2.26 bits per heavy atom. The zero-order chi connectivity index (χ0) is 28.4. The number of carbonyl (C=O) groups excluding carboxylic acids is 1. The number of fused-ring (bicyclic) bond motifs is 1. The minimum atomic E-state index is -1.23. The van der Waals surface area contributed by atoms with Crippen LogP contribution in [0.25, 0.3) is 0 Å². The zero-order valence-electron chi connectivity index (χ0n) is 25.1. The maximum atomic E-state index is 14.0. The van der Waals surface area contributed by atoms with Crippen LogP contribution in [0.5, 0.6) is 0 Å². The Balaban J connectivity index is 1.36. The maximum Gasteiger partial charge on any atom is 0.255 e. The molecule has 212 valence electrons. The van der Waals surface area contributed by atoms with Gasteiger partial charge < -0.3 is 14.5 Å². The number of aryl methyl sites for hydroxylation is 1. The van der Waals surface area contributed by atoms with E-state index in [1.807, 2.05) is 29.2 Å². The fourth-order valence-corrected chi connectivity index (χ4v) is 5.94. The second-order valence-electron chi connectivity index (χ2n) is 13.1. The van der Waals surface area contributed by atoms with Gasteiger partial charge in [0.15, 0.2) is 5.88 Å². The van der Waals surface area contributed by atoms with E-state index in [4.69, 9.17) is 4.74 Å². The Kier molecular flexibility index (Phi) is 8.78. The van der Waals surface area contributed by atoms with Crippen LogP contribution in [0, 0.1) is 12.8 Å². The largest absolute Gasteiger partial charge is 0.474 e. The van der Waals surface area contributed by atoms with Crippen molar-refractivity contribution >= 4 is 5.91 Å². The number of halogens is 1. The number of carbonyl (C=O) groups is 1. The number of hydrogen-bond donors (Lipinski definition) is 0. The third-order valence-corrected chi connectivity index (χ3v) is 7.60. The number of likely N-dealkylation sites (tertiary alicyclic amines) is 1. The highest BCUT2D eigenvalue weighted by Gasteiger charge is 2.30. The van der Waals surface area contributed by atoms with Gasteiger partial charge >= 0.3 is 0 Å². The van der Waals surface area contributed by atoms with Crippen molar-refractivity contribution in [2.24, 2.45) is 5.92 Å². The Labute approximate surface area is 235 Å². The number of nitrogens with zero attached hydrogens (tertiary/aromatic N) is 2. The molecule has 0 bridgehead atoms. The molecule has 39 heavy (non-hydrogen) atoms. The molecular weight excluding hydrogens is 487 g/mol. The molecular formula is C34H47FN2O2. The maximum absolute atomic E-state index is 14.0. The summed E-state index contributed by atoms with van der Waals surface area (Å²) in [5.74, 6) is 1.78. The van der Waals surface area contributed by atoms with Crippen LogP contribution in [-0.2, 0) is 30.7 Å². The van der Waals surface area contributed by atoms with Crippen LogP contribution in [0.3, 0.4) is 0 Å². The molecule has 2 aliphatic rings. The molecule has 0 spiro atoms. The van der Waals surface area contributed by atoms with E-state index in [-0.39, 0.29) is 11.5 Å². The first-order valence-electron chi connectivity index (χ1n) is 14.6. The average molecular weight is 535 g/mol. The van der Waals surface area contributed by atoms with Gasteiger partial charge in [-0.25, -0.2) is 4.39 Å². The number of allylic oxidation sites excluding steroid dienone is 1. The van der Waals surface area contributed by atoms with Gasteiger partial charge in [0.05, 0.1) is 0 Å². The van der Waals surface area contributed by atoms with Crippen LogP contribution in [0.2, 0.25) is 0 Å². The number of amides is 1. The molecule has 0 radical (unpaired) electrons. The van der Waals surface area contributed by atoms with Crippen LogP contribution in [-0.4, -0.2) is 40.1 Å². The standard InChI is InChI=1S/C34H47FN2O2/c1-8-9-30(39-33(3,4)5)36-16-14-25(15-17-36)19-28-18-24(2)31-29(20-28)23-37(32(31)38)22-27-12-10-26(11-13-27)21-34(6,7)35/h9-13,18,20,25H,8,14-17,19,21-23H2,1-7H3. The smallest absolute Gasteiger partial charge is 0.255 e. The quantitative estimate of drug-likeness (QED) is 0.308. The second kappa shape index (κ2) is 11.7. The lowest BCUT2D eigenvalue weighted by atomic mass is 9.88. The first-order valence-corrected chi connectivity index (χ1v) is 14.6. The highest BCUT2D eigenvalue weighted by molar-refractivity contribution is 5.99. The van der Waals surface area contributed by atoms with Crippen molar-refractivity contribution in [3.8, 4) is 0 Å². The van der Waals surface area contributed by atoms with Crippen LogP contribution < -0.4 is 0 Å². The van der Waals surface area contributed by atoms with Gasteiger partial charge in [-0.05, 0) is 107 Å². The molecule has 0 aliphatic carbocycles. The van der Waals surface area contributed by atoms with Crippen molar-refractivity contribution < 1.29 is 13.9 Å². The fourth-order valence-electron chi connectivity index (χ4n) is 5.94. The number of ether oxygens (including phenoxy) is 1. The van der Waals surface area contributed by atoms with Gasteiger partial charge in [0.1, 0.15) is 11.3 Å². The molecule has 2 aliphatic heterocycles. The highest BCUT2D eigenvalue weighted by Crippen LogP contribution is 2.32. The molecule has 2 heterocycles. The van der Waals surface area contributed by atoms with Crippen LogP contribution in [0.4, 0.5) is 4.39 Å². The van der Waals surface area contributed by atoms with Crippen molar-refractivity contribution in [3.05, 3.63) is 81.7 Å². The van der Waals surface area contributed by atoms with E-state index in [0.717, 1.165) is 72.5 Å². The monoisotopic (exact) mass is 534 g/mol. The number of hydrogen-bond acceptors (Lipinski definition) is 3. The first kappa shape index (κ1) is 29.2. The predicted molar refractivity (Wildman–Crippen MR) is 157 cm³/mol. The van der Waals surface area contributed by atoms with Gasteiger partial charge in [0.25, 0.3) is 5.91 Å². The van der Waals surface area contributed by atoms with Gasteiger partial charge in [0, 0.05) is 38.2 Å². The summed E-state index contributed by atoms with van der Waals surface area (Å²) in [7, 11) is 0. The minimum absolute atomic E-state index is 0.116. The summed E-state index contributed by atoms with van der Waals surface area (Å²) in [4.78, 5) is 17.6. The molecule has 0 saturated carbocycles. The number of alkyl halides is 1. The number of benzene rings is 2. The molecule has 1 saturated heterocycles. The minimum Gasteiger partial charge on any atom is -0.474 e. The fraction of sp³-hybridized carbons (Fsp3) is 0.559. The highest BCUT2D eigenvalue weighted by atomic mass is 19.1. The van der Waals surface area contributed by atoms with E-state index in [0.29, 0.717) is 25.4 Å². The molecule has 1 fully saturated rings. The van der Waals surface area contributed by atoms with Gasteiger partial charge in [-0.15, -0.1) is 0 Å². The van der Waals surface area contributed by atoms with Crippen molar-refractivity contribution in [1.82, 2.24) is 9.80 Å². The molecule has 4 rings (SSSR count). The summed E-state index contributed by atoms with van der Waals surface area (Å²) < 4.78 is 20.3. The molecule has 4 nitrogen and oxygen atoms in total. The summed E-state index contributed by atoms with van der Waals surface area (Å²) in [5.41, 5.74) is 5.08. The third kappa shape index (κ3) is 7.86. The van der Waals surface area contributed by atoms with Gasteiger partial charge in [-0.2, -0.15) is 0 Å². The van der Waals surface area contributed by atoms with E-state index in [2.05, 4.69) is 57.7 Å². The molecule has 2 aromatic rings. The topological polar surface area (TPSA) is 32.8 Å². The molecule has 1 amide bonds. The molecule has 0 N–H and O–H groups in total. The second-order valence-corrected chi connectivity index (χ2v) is 13.1. The lowest BCUT2D eigenvalue weighted by molar-refractivity contribution is -0.00736. The van der Waals surface area contributed by atoms with Crippen molar-refractivity contribution in [2.45, 2.75) is 105 Å². The van der Waals surface area contributed by atoms with Gasteiger partial charge in [0.2, 0.25) is 0 Å².